The van der Waals surface area contributed by atoms with Gasteiger partial charge in [0.2, 0.25) is 0 Å². The standard InChI is InChI=1S/C18H22ClN3O2/c1-11-5-8-16(24-11)18(3,23)10-20-12(2)17-21-14-7-6-13(19)9-15(14)22(17)4/h5-9,12,20,23H,10H2,1-4H3. The molecule has 6 heteroatoms. The van der Waals surface area contributed by atoms with E-state index < -0.39 is 5.60 Å². The fourth-order valence-electron chi connectivity index (χ4n) is 2.82. The molecule has 2 heterocycles. The first-order valence-corrected chi connectivity index (χ1v) is 8.30. The van der Waals surface area contributed by atoms with Crippen molar-refractivity contribution in [3.05, 3.63) is 52.7 Å². The summed E-state index contributed by atoms with van der Waals surface area (Å²) in [4.78, 5) is 4.67. The molecule has 2 N–H and O–H groups in total. The van der Waals surface area contributed by atoms with E-state index in [9.17, 15) is 5.11 Å². The summed E-state index contributed by atoms with van der Waals surface area (Å²) in [6.07, 6.45) is 0. The number of rotatable bonds is 5. The van der Waals surface area contributed by atoms with Crippen molar-refractivity contribution in [2.24, 2.45) is 7.05 Å². The largest absolute Gasteiger partial charge is 0.463 e. The number of fused-ring (bicyclic) bond motifs is 1. The number of hydrogen-bond acceptors (Lipinski definition) is 4. The Morgan fingerprint density at radius 2 is 2.12 bits per heavy atom. The molecule has 5 nitrogen and oxygen atoms in total. The molecule has 0 saturated heterocycles. The molecule has 3 rings (SSSR count). The molecular weight excluding hydrogens is 326 g/mol. The molecule has 0 aliphatic heterocycles. The van der Waals surface area contributed by atoms with E-state index in [2.05, 4.69) is 10.3 Å². The fraction of sp³-hybridized carbons (Fsp3) is 0.389. The van der Waals surface area contributed by atoms with Gasteiger partial charge in [-0.1, -0.05) is 11.6 Å². The molecule has 0 fully saturated rings. The van der Waals surface area contributed by atoms with Crippen LogP contribution in [-0.2, 0) is 12.6 Å². The minimum atomic E-state index is -1.09. The predicted octanol–water partition coefficient (Wildman–Crippen LogP) is 3.69. The van der Waals surface area contributed by atoms with E-state index in [1.165, 1.54) is 0 Å². The summed E-state index contributed by atoms with van der Waals surface area (Å²) in [6, 6.07) is 9.27. The number of aromatic nitrogens is 2. The number of halogens is 1. The molecule has 2 atom stereocenters. The first-order valence-electron chi connectivity index (χ1n) is 7.92. The van der Waals surface area contributed by atoms with Gasteiger partial charge in [-0.2, -0.15) is 0 Å². The SMILES string of the molecule is Cc1ccc(C(C)(O)CNC(C)c2nc3ccc(Cl)cc3n2C)o1. The highest BCUT2D eigenvalue weighted by Gasteiger charge is 2.28. The van der Waals surface area contributed by atoms with Gasteiger partial charge in [0.25, 0.3) is 0 Å². The molecule has 0 saturated carbocycles. The van der Waals surface area contributed by atoms with E-state index in [1.54, 1.807) is 13.0 Å². The van der Waals surface area contributed by atoms with E-state index >= 15 is 0 Å². The van der Waals surface area contributed by atoms with Crippen molar-refractivity contribution >= 4 is 22.6 Å². The van der Waals surface area contributed by atoms with E-state index in [4.69, 9.17) is 16.0 Å². The third-order valence-electron chi connectivity index (χ3n) is 4.29. The van der Waals surface area contributed by atoms with Gasteiger partial charge >= 0.3 is 0 Å². The van der Waals surface area contributed by atoms with Crippen LogP contribution in [0.3, 0.4) is 0 Å². The van der Waals surface area contributed by atoms with Crippen LogP contribution in [-0.4, -0.2) is 21.2 Å². The van der Waals surface area contributed by atoms with E-state index in [0.717, 1.165) is 22.6 Å². The van der Waals surface area contributed by atoms with Gasteiger partial charge in [-0.3, -0.25) is 0 Å². The summed E-state index contributed by atoms with van der Waals surface area (Å²) in [5.74, 6) is 2.22. The lowest BCUT2D eigenvalue weighted by atomic mass is 10.0. The number of nitrogens with zero attached hydrogens (tertiary/aromatic N) is 2. The second-order valence-corrected chi connectivity index (χ2v) is 6.89. The molecule has 0 amide bonds. The van der Waals surface area contributed by atoms with Gasteiger partial charge in [0.05, 0.1) is 17.1 Å². The van der Waals surface area contributed by atoms with E-state index in [-0.39, 0.29) is 6.04 Å². The first kappa shape index (κ1) is 17.0. The van der Waals surface area contributed by atoms with Gasteiger partial charge in [0, 0.05) is 18.6 Å². The highest BCUT2D eigenvalue weighted by molar-refractivity contribution is 6.31. The second kappa shape index (κ2) is 6.24. The Balaban J connectivity index is 1.78. The lowest BCUT2D eigenvalue weighted by Gasteiger charge is -2.24. The Labute approximate surface area is 146 Å². The summed E-state index contributed by atoms with van der Waals surface area (Å²) < 4.78 is 7.56. The monoisotopic (exact) mass is 347 g/mol. The van der Waals surface area contributed by atoms with Gasteiger partial charge in [0.1, 0.15) is 22.9 Å². The Kier molecular flexibility index (Phi) is 4.42. The van der Waals surface area contributed by atoms with Crippen molar-refractivity contribution in [2.45, 2.75) is 32.4 Å². The van der Waals surface area contributed by atoms with Gasteiger partial charge in [-0.25, -0.2) is 4.98 Å². The maximum atomic E-state index is 10.6. The van der Waals surface area contributed by atoms with Crippen LogP contribution < -0.4 is 5.32 Å². The molecule has 0 bridgehead atoms. The average molecular weight is 348 g/mol. The Bertz CT molecular complexity index is 866. The number of imidazole rings is 1. The summed E-state index contributed by atoms with van der Waals surface area (Å²) in [6.45, 7) is 5.97. The number of hydrogen-bond donors (Lipinski definition) is 2. The Morgan fingerprint density at radius 3 is 2.79 bits per heavy atom. The fourth-order valence-corrected chi connectivity index (χ4v) is 2.99. The van der Waals surface area contributed by atoms with Crippen LogP contribution in [0.5, 0.6) is 0 Å². The number of aryl methyl sites for hydroxylation is 2. The van der Waals surface area contributed by atoms with Crippen LogP contribution in [0.4, 0.5) is 0 Å². The van der Waals surface area contributed by atoms with Gasteiger partial charge in [-0.05, 0) is 51.1 Å². The van der Waals surface area contributed by atoms with Crippen molar-refractivity contribution in [3.63, 3.8) is 0 Å². The average Bonchev–Trinajstić information content (AvgIpc) is 3.10. The maximum absolute atomic E-state index is 10.6. The highest BCUT2D eigenvalue weighted by atomic mass is 35.5. The van der Waals surface area contributed by atoms with Crippen molar-refractivity contribution < 1.29 is 9.52 Å². The van der Waals surface area contributed by atoms with Crippen molar-refractivity contribution in [1.29, 1.82) is 0 Å². The first-order chi connectivity index (χ1) is 11.3. The molecule has 1 aromatic carbocycles. The normalized spacial score (nSPS) is 15.6. The topological polar surface area (TPSA) is 63.2 Å². The maximum Gasteiger partial charge on any atom is 0.136 e. The zero-order valence-corrected chi connectivity index (χ0v) is 15.1. The molecule has 3 aromatic rings. The molecule has 24 heavy (non-hydrogen) atoms. The molecule has 0 aliphatic rings. The zero-order valence-electron chi connectivity index (χ0n) is 14.3. The van der Waals surface area contributed by atoms with Gasteiger partial charge in [0.15, 0.2) is 0 Å². The van der Waals surface area contributed by atoms with Crippen LogP contribution in [0.25, 0.3) is 11.0 Å². The number of nitrogens with one attached hydrogen (secondary N) is 1. The minimum Gasteiger partial charge on any atom is -0.463 e. The van der Waals surface area contributed by atoms with Crippen molar-refractivity contribution in [1.82, 2.24) is 14.9 Å². The highest BCUT2D eigenvalue weighted by Crippen LogP contribution is 2.25. The molecule has 0 radical (unpaired) electrons. The van der Waals surface area contributed by atoms with Crippen LogP contribution in [0.1, 0.15) is 37.2 Å². The van der Waals surface area contributed by atoms with Crippen molar-refractivity contribution in [2.75, 3.05) is 6.54 Å². The van der Waals surface area contributed by atoms with Gasteiger partial charge < -0.3 is 19.4 Å². The lowest BCUT2D eigenvalue weighted by Crippen LogP contribution is -2.37. The summed E-state index contributed by atoms with van der Waals surface area (Å²) in [5.41, 5.74) is 0.801. The quantitative estimate of drug-likeness (QED) is 0.739. The number of aliphatic hydroxyl groups is 1. The molecular formula is C18H22ClN3O2. The number of benzene rings is 1. The van der Waals surface area contributed by atoms with Gasteiger partial charge in [-0.15, -0.1) is 0 Å². The molecule has 2 unspecified atom stereocenters. The van der Waals surface area contributed by atoms with E-state index in [0.29, 0.717) is 17.3 Å². The van der Waals surface area contributed by atoms with Crippen LogP contribution >= 0.6 is 11.6 Å². The Morgan fingerprint density at radius 1 is 1.38 bits per heavy atom. The third-order valence-corrected chi connectivity index (χ3v) is 4.52. The summed E-state index contributed by atoms with van der Waals surface area (Å²) >= 11 is 6.07. The molecule has 0 aliphatic carbocycles. The molecule has 2 aromatic heterocycles. The second-order valence-electron chi connectivity index (χ2n) is 6.45. The predicted molar refractivity (Wildman–Crippen MR) is 95.2 cm³/mol. The van der Waals surface area contributed by atoms with E-state index in [1.807, 2.05) is 49.7 Å². The molecule has 128 valence electrons. The summed E-state index contributed by atoms with van der Waals surface area (Å²) in [7, 11) is 1.97. The van der Waals surface area contributed by atoms with Crippen molar-refractivity contribution in [3.8, 4) is 0 Å². The Hall–Kier alpha value is -1.82. The smallest absolute Gasteiger partial charge is 0.136 e. The van der Waals surface area contributed by atoms with Crippen LogP contribution in [0.15, 0.2) is 34.7 Å². The van der Waals surface area contributed by atoms with Crippen LogP contribution in [0.2, 0.25) is 5.02 Å². The lowest BCUT2D eigenvalue weighted by molar-refractivity contribution is 0.0310. The number of furan rings is 1. The molecule has 0 spiro atoms. The third kappa shape index (κ3) is 3.20. The zero-order chi connectivity index (χ0) is 17.5. The van der Waals surface area contributed by atoms with Crippen LogP contribution in [0, 0.1) is 6.92 Å². The minimum absolute atomic E-state index is 0.0382. The summed E-state index contributed by atoms with van der Waals surface area (Å²) in [5, 5.41) is 14.7.